The van der Waals surface area contributed by atoms with Crippen molar-refractivity contribution in [3.8, 4) is 5.88 Å². The third-order valence-electron chi connectivity index (χ3n) is 2.13. The number of aromatic nitrogens is 2. The van der Waals surface area contributed by atoms with Crippen molar-refractivity contribution in [2.24, 2.45) is 0 Å². The highest BCUT2D eigenvalue weighted by Gasteiger charge is 2.27. The molecule has 0 aliphatic rings. The predicted molar refractivity (Wildman–Crippen MR) is 60.2 cm³/mol. The summed E-state index contributed by atoms with van der Waals surface area (Å²) in [5.41, 5.74) is -0.103. The molecule has 0 saturated carbocycles. The topological polar surface area (TPSA) is 77.3 Å². The molecular formula is C11H8F3N3O3. The van der Waals surface area contributed by atoms with Crippen LogP contribution >= 0.6 is 0 Å². The highest BCUT2D eigenvalue weighted by atomic mass is 19.3. The number of halogens is 3. The summed E-state index contributed by atoms with van der Waals surface area (Å²) in [6.07, 6.45) is -6.30. The molecule has 0 aliphatic heterocycles. The molecule has 1 heterocycles. The van der Waals surface area contributed by atoms with Crippen molar-refractivity contribution in [3.63, 3.8) is 0 Å². The molecule has 1 aromatic heterocycles. The second-order valence-corrected chi connectivity index (χ2v) is 3.54. The zero-order valence-corrected chi connectivity index (χ0v) is 9.79. The predicted octanol–water partition coefficient (Wildman–Crippen LogP) is 2.26. The molecule has 20 heavy (non-hydrogen) atoms. The maximum Gasteiger partial charge on any atom is 0.304 e. The first-order valence-corrected chi connectivity index (χ1v) is 5.35. The van der Waals surface area contributed by atoms with Gasteiger partial charge in [0, 0.05) is 5.69 Å². The Balaban J connectivity index is 2.09. The van der Waals surface area contributed by atoms with Gasteiger partial charge in [-0.2, -0.15) is 4.39 Å². The molecule has 9 heteroatoms. The summed E-state index contributed by atoms with van der Waals surface area (Å²) in [6, 6.07) is 8.25. The summed E-state index contributed by atoms with van der Waals surface area (Å²) >= 11 is 0. The largest absolute Gasteiger partial charge is 0.433 e. The molecule has 1 aromatic carbocycles. The van der Waals surface area contributed by atoms with Gasteiger partial charge in [-0.25, -0.2) is 13.4 Å². The number of nitrogens with one attached hydrogen (secondary N) is 1. The minimum atomic E-state index is -3.38. The Morgan fingerprint density at radius 3 is 2.55 bits per heavy atom. The molecule has 1 amide bonds. The quantitative estimate of drug-likeness (QED) is 0.912. The molecule has 2 rings (SSSR count). The second-order valence-electron chi connectivity index (χ2n) is 3.54. The van der Waals surface area contributed by atoms with Crippen LogP contribution in [0.25, 0.3) is 0 Å². The molecule has 0 fully saturated rings. The lowest BCUT2D eigenvalue weighted by Gasteiger charge is -2.08. The average Bonchev–Trinajstić information content (AvgIpc) is 2.88. The Hall–Kier alpha value is -2.58. The van der Waals surface area contributed by atoms with Crippen LogP contribution < -0.4 is 10.1 Å². The smallest absolute Gasteiger partial charge is 0.304 e. The summed E-state index contributed by atoms with van der Waals surface area (Å²) in [7, 11) is 0. The number of rotatable bonds is 5. The van der Waals surface area contributed by atoms with Crippen molar-refractivity contribution in [3.05, 3.63) is 36.0 Å². The van der Waals surface area contributed by atoms with Crippen LogP contribution in [0.2, 0.25) is 0 Å². The number of ether oxygens (including phenoxy) is 1. The van der Waals surface area contributed by atoms with Gasteiger partial charge in [0.15, 0.2) is 0 Å². The third kappa shape index (κ3) is 3.25. The number of benzene rings is 1. The SMILES string of the molecule is O=C(Nc1ccccc1)c1nonc1OC(F)C(F)F. The van der Waals surface area contributed by atoms with Gasteiger partial charge >= 0.3 is 6.43 Å². The molecule has 0 aliphatic carbocycles. The van der Waals surface area contributed by atoms with Crippen molar-refractivity contribution in [1.82, 2.24) is 10.3 Å². The van der Waals surface area contributed by atoms with Crippen LogP contribution in [-0.2, 0) is 0 Å². The molecule has 0 saturated heterocycles. The van der Waals surface area contributed by atoms with E-state index in [1.165, 1.54) is 0 Å². The number of alkyl halides is 3. The van der Waals surface area contributed by atoms with E-state index in [1.54, 1.807) is 30.3 Å². The van der Waals surface area contributed by atoms with Crippen LogP contribution in [0.3, 0.4) is 0 Å². The fourth-order valence-corrected chi connectivity index (χ4v) is 1.27. The molecule has 1 N–H and O–H groups in total. The number of carbonyl (C=O) groups is 1. The summed E-state index contributed by atoms with van der Waals surface area (Å²) in [6.45, 7) is 0. The zero-order chi connectivity index (χ0) is 14.5. The van der Waals surface area contributed by atoms with Crippen LogP contribution in [0, 0.1) is 0 Å². The molecule has 6 nitrogen and oxygen atoms in total. The van der Waals surface area contributed by atoms with Gasteiger partial charge in [-0.15, -0.1) is 0 Å². The molecule has 1 atom stereocenters. The minimum absolute atomic E-state index is 0.428. The number of para-hydroxylation sites is 1. The van der Waals surface area contributed by atoms with Crippen LogP contribution in [-0.4, -0.2) is 29.0 Å². The first kappa shape index (κ1) is 13.8. The number of hydrogen-bond acceptors (Lipinski definition) is 5. The number of nitrogens with zero attached hydrogens (tertiary/aromatic N) is 2. The molecule has 1 unspecified atom stereocenters. The number of amides is 1. The Kier molecular flexibility index (Phi) is 4.18. The monoisotopic (exact) mass is 287 g/mol. The maximum absolute atomic E-state index is 12.7. The van der Waals surface area contributed by atoms with Gasteiger partial charge in [0.1, 0.15) is 0 Å². The molecule has 0 bridgehead atoms. The van der Waals surface area contributed by atoms with Crippen LogP contribution in [0.15, 0.2) is 35.0 Å². The second kappa shape index (κ2) is 6.04. The van der Waals surface area contributed by atoms with Crippen molar-refractivity contribution >= 4 is 11.6 Å². The highest BCUT2D eigenvalue weighted by molar-refractivity contribution is 6.04. The average molecular weight is 287 g/mol. The van der Waals surface area contributed by atoms with E-state index in [9.17, 15) is 18.0 Å². The lowest BCUT2D eigenvalue weighted by molar-refractivity contribution is -0.0704. The Labute approximate surface area is 110 Å². The van der Waals surface area contributed by atoms with Crippen molar-refractivity contribution < 1.29 is 27.3 Å². The van der Waals surface area contributed by atoms with Crippen LogP contribution in [0.4, 0.5) is 18.9 Å². The normalized spacial score (nSPS) is 12.2. The lowest BCUT2D eigenvalue weighted by atomic mass is 10.3. The number of anilines is 1. The molecule has 2 aromatic rings. The molecular weight excluding hydrogens is 279 g/mol. The van der Waals surface area contributed by atoms with Crippen molar-refractivity contribution in [2.75, 3.05) is 5.32 Å². The van der Waals surface area contributed by atoms with Gasteiger partial charge in [-0.05, 0) is 22.4 Å². The standard InChI is InChI=1S/C11H8F3N3O3/c12-8(13)9(14)19-11-7(16-20-17-11)10(18)15-6-4-2-1-3-5-6/h1-5,8-9H,(H,15,18). The fraction of sp³-hybridized carbons (Fsp3) is 0.182. The van der Waals surface area contributed by atoms with E-state index in [0.717, 1.165) is 0 Å². The minimum Gasteiger partial charge on any atom is -0.433 e. The van der Waals surface area contributed by atoms with Crippen LogP contribution in [0.5, 0.6) is 5.88 Å². The first-order valence-electron chi connectivity index (χ1n) is 5.35. The van der Waals surface area contributed by atoms with Crippen molar-refractivity contribution in [1.29, 1.82) is 0 Å². The van der Waals surface area contributed by atoms with Crippen LogP contribution in [0.1, 0.15) is 10.5 Å². The number of carbonyl (C=O) groups excluding carboxylic acids is 1. The third-order valence-corrected chi connectivity index (χ3v) is 2.13. The summed E-state index contributed by atoms with van der Waals surface area (Å²) in [5, 5.41) is 8.64. The molecule has 0 spiro atoms. The van der Waals surface area contributed by atoms with E-state index in [-0.39, 0.29) is 0 Å². The van der Waals surface area contributed by atoms with E-state index in [4.69, 9.17) is 0 Å². The summed E-state index contributed by atoms with van der Waals surface area (Å²) in [4.78, 5) is 11.8. The zero-order valence-electron chi connectivity index (χ0n) is 9.79. The van der Waals surface area contributed by atoms with E-state index in [2.05, 4.69) is 25.0 Å². The maximum atomic E-state index is 12.7. The van der Waals surface area contributed by atoms with Crippen molar-refractivity contribution in [2.45, 2.75) is 12.8 Å². The van der Waals surface area contributed by atoms with Gasteiger partial charge < -0.3 is 10.1 Å². The Morgan fingerprint density at radius 2 is 1.90 bits per heavy atom. The summed E-state index contributed by atoms with van der Waals surface area (Å²) in [5.74, 6) is -1.57. The Bertz CT molecular complexity index is 577. The first-order chi connectivity index (χ1) is 9.58. The Morgan fingerprint density at radius 1 is 1.20 bits per heavy atom. The number of hydrogen-bond donors (Lipinski definition) is 1. The van der Waals surface area contributed by atoms with E-state index < -0.39 is 30.3 Å². The van der Waals surface area contributed by atoms with E-state index in [1.807, 2.05) is 0 Å². The molecule has 106 valence electrons. The highest BCUT2D eigenvalue weighted by Crippen LogP contribution is 2.19. The van der Waals surface area contributed by atoms with Gasteiger partial charge in [0.2, 0.25) is 5.69 Å². The van der Waals surface area contributed by atoms with Gasteiger partial charge in [0.25, 0.3) is 18.1 Å². The van der Waals surface area contributed by atoms with Gasteiger partial charge in [-0.3, -0.25) is 4.79 Å². The molecule has 0 radical (unpaired) electrons. The van der Waals surface area contributed by atoms with Gasteiger partial charge in [0.05, 0.1) is 0 Å². The van der Waals surface area contributed by atoms with E-state index in [0.29, 0.717) is 5.69 Å². The van der Waals surface area contributed by atoms with E-state index >= 15 is 0 Å². The summed E-state index contributed by atoms with van der Waals surface area (Å²) < 4.78 is 45.1. The fourth-order valence-electron chi connectivity index (χ4n) is 1.27. The van der Waals surface area contributed by atoms with Gasteiger partial charge in [-0.1, -0.05) is 18.2 Å². The lowest BCUT2D eigenvalue weighted by Crippen LogP contribution is -2.22.